The van der Waals surface area contributed by atoms with Gasteiger partial charge in [0.05, 0.1) is 11.6 Å². The lowest BCUT2D eigenvalue weighted by Crippen LogP contribution is -2.25. The van der Waals surface area contributed by atoms with Crippen LogP contribution in [0.4, 0.5) is 22.0 Å². The zero-order valence-electron chi connectivity index (χ0n) is 10.6. The molecule has 1 aromatic heterocycles. The maximum atomic E-state index is 13.9. The molecule has 2 aromatic rings. The van der Waals surface area contributed by atoms with Gasteiger partial charge in [-0.3, -0.25) is 0 Å². The van der Waals surface area contributed by atoms with E-state index in [1.54, 1.807) is 18.4 Å². The van der Waals surface area contributed by atoms with E-state index in [0.717, 1.165) is 11.3 Å². The lowest BCUT2D eigenvalue weighted by molar-refractivity contribution is 0.363. The fourth-order valence-corrected chi connectivity index (χ4v) is 3.60. The van der Waals surface area contributed by atoms with Gasteiger partial charge in [-0.1, -0.05) is 6.92 Å². The fourth-order valence-electron chi connectivity index (χ4n) is 1.92. The average molecular weight is 386 g/mol. The van der Waals surface area contributed by atoms with Crippen molar-refractivity contribution in [3.05, 3.63) is 55.4 Å². The summed E-state index contributed by atoms with van der Waals surface area (Å²) in [5, 5.41) is 4.39. The first-order valence-electron chi connectivity index (χ1n) is 5.87. The maximum Gasteiger partial charge on any atom is 0.200 e. The van der Waals surface area contributed by atoms with Gasteiger partial charge in [0.25, 0.3) is 0 Å². The van der Waals surface area contributed by atoms with Gasteiger partial charge in [-0.25, -0.2) is 22.0 Å². The van der Waals surface area contributed by atoms with Crippen molar-refractivity contribution >= 4 is 27.3 Å². The summed E-state index contributed by atoms with van der Waals surface area (Å²) in [4.78, 5) is 0.431. The van der Waals surface area contributed by atoms with Crippen LogP contribution in [0.15, 0.2) is 15.9 Å². The quantitative estimate of drug-likeness (QED) is 0.448. The Kier molecular flexibility index (Phi) is 5.00. The molecule has 0 saturated carbocycles. The van der Waals surface area contributed by atoms with E-state index in [0.29, 0.717) is 9.35 Å². The monoisotopic (exact) mass is 385 g/mol. The highest BCUT2D eigenvalue weighted by molar-refractivity contribution is 9.10. The third-order valence-electron chi connectivity index (χ3n) is 2.85. The Balaban J connectivity index is 2.70. The van der Waals surface area contributed by atoms with Crippen LogP contribution in [0.1, 0.15) is 23.4 Å². The first kappa shape index (κ1) is 16.4. The van der Waals surface area contributed by atoms with Crippen LogP contribution in [0.3, 0.4) is 0 Å². The largest absolute Gasteiger partial charge is 0.306 e. The summed E-state index contributed by atoms with van der Waals surface area (Å²) in [5.41, 5.74) is -0.878. The van der Waals surface area contributed by atoms with Gasteiger partial charge in [0, 0.05) is 9.35 Å². The molecule has 1 unspecified atom stereocenters. The van der Waals surface area contributed by atoms with Crippen molar-refractivity contribution < 1.29 is 22.0 Å². The molecule has 0 bridgehead atoms. The van der Waals surface area contributed by atoms with Crippen molar-refractivity contribution in [1.82, 2.24) is 5.32 Å². The molecule has 0 saturated heterocycles. The number of thiophene rings is 1. The molecule has 0 fully saturated rings. The minimum atomic E-state index is -2.16. The van der Waals surface area contributed by atoms with Gasteiger partial charge in [0.15, 0.2) is 23.3 Å². The Labute approximate surface area is 129 Å². The van der Waals surface area contributed by atoms with Crippen LogP contribution in [-0.2, 0) is 0 Å². The van der Waals surface area contributed by atoms with E-state index in [1.165, 1.54) is 0 Å². The molecule has 0 spiro atoms. The van der Waals surface area contributed by atoms with Crippen molar-refractivity contribution in [3.63, 3.8) is 0 Å². The Morgan fingerprint density at radius 2 is 1.57 bits per heavy atom. The second kappa shape index (κ2) is 6.41. The standard InChI is InChI=1S/C13H9BrF5NS/c1-2-20-12(13-5(14)3-4-21-13)6-7(15)9(17)11(19)10(18)8(6)16/h3-4,12,20H,2H2,1H3. The van der Waals surface area contributed by atoms with Crippen LogP contribution in [0.25, 0.3) is 0 Å². The molecule has 0 amide bonds. The van der Waals surface area contributed by atoms with E-state index < -0.39 is 40.7 Å². The number of benzene rings is 1. The zero-order valence-corrected chi connectivity index (χ0v) is 13.0. The van der Waals surface area contributed by atoms with Crippen molar-refractivity contribution in [2.45, 2.75) is 13.0 Å². The molecule has 0 aliphatic carbocycles. The Morgan fingerprint density at radius 3 is 2.00 bits per heavy atom. The fraction of sp³-hybridized carbons (Fsp3) is 0.231. The second-order valence-corrected chi connectivity index (χ2v) is 5.91. The smallest absolute Gasteiger partial charge is 0.200 e. The Morgan fingerprint density at radius 1 is 1.05 bits per heavy atom. The summed E-state index contributed by atoms with van der Waals surface area (Å²) in [5.74, 6) is -9.69. The first-order chi connectivity index (χ1) is 9.90. The number of rotatable bonds is 4. The summed E-state index contributed by atoms with van der Waals surface area (Å²) in [6.45, 7) is 1.95. The molecule has 2 rings (SSSR count). The number of halogens is 6. The molecule has 0 radical (unpaired) electrons. The predicted molar refractivity (Wildman–Crippen MR) is 73.8 cm³/mol. The summed E-state index contributed by atoms with van der Waals surface area (Å²) < 4.78 is 68.2. The van der Waals surface area contributed by atoms with E-state index in [4.69, 9.17) is 0 Å². The van der Waals surface area contributed by atoms with Crippen molar-refractivity contribution in [2.24, 2.45) is 0 Å². The molecule has 1 atom stereocenters. The molecule has 1 heterocycles. The summed E-state index contributed by atoms with van der Waals surface area (Å²) >= 11 is 4.34. The van der Waals surface area contributed by atoms with E-state index in [9.17, 15) is 22.0 Å². The first-order valence-corrected chi connectivity index (χ1v) is 7.55. The van der Waals surface area contributed by atoms with Gasteiger partial charge in [-0.2, -0.15) is 0 Å². The van der Waals surface area contributed by atoms with Gasteiger partial charge in [-0.15, -0.1) is 11.3 Å². The average Bonchev–Trinajstić information content (AvgIpc) is 2.88. The molecule has 0 aliphatic heterocycles. The molecule has 0 aliphatic rings. The van der Waals surface area contributed by atoms with Crippen LogP contribution in [-0.4, -0.2) is 6.54 Å². The summed E-state index contributed by atoms with van der Waals surface area (Å²) in [7, 11) is 0. The highest BCUT2D eigenvalue weighted by atomic mass is 79.9. The highest BCUT2D eigenvalue weighted by Gasteiger charge is 2.32. The van der Waals surface area contributed by atoms with E-state index in [2.05, 4.69) is 21.2 Å². The summed E-state index contributed by atoms with van der Waals surface area (Å²) in [6, 6.07) is 0.505. The lowest BCUT2D eigenvalue weighted by Gasteiger charge is -2.20. The summed E-state index contributed by atoms with van der Waals surface area (Å²) in [6.07, 6.45) is 0. The maximum absolute atomic E-state index is 13.9. The number of nitrogens with one attached hydrogen (secondary N) is 1. The molecular weight excluding hydrogens is 377 g/mol. The number of hydrogen-bond donors (Lipinski definition) is 1. The van der Waals surface area contributed by atoms with Crippen molar-refractivity contribution in [1.29, 1.82) is 0 Å². The van der Waals surface area contributed by atoms with Crippen LogP contribution in [0.2, 0.25) is 0 Å². The normalized spacial score (nSPS) is 12.7. The lowest BCUT2D eigenvalue weighted by atomic mass is 10.0. The van der Waals surface area contributed by atoms with Gasteiger partial charge >= 0.3 is 0 Å². The molecule has 1 aromatic carbocycles. The van der Waals surface area contributed by atoms with Crippen LogP contribution in [0.5, 0.6) is 0 Å². The van der Waals surface area contributed by atoms with Crippen LogP contribution < -0.4 is 5.32 Å². The van der Waals surface area contributed by atoms with Gasteiger partial charge in [0.2, 0.25) is 5.82 Å². The third kappa shape index (κ3) is 2.84. The van der Waals surface area contributed by atoms with Gasteiger partial charge < -0.3 is 5.32 Å². The van der Waals surface area contributed by atoms with Gasteiger partial charge in [-0.05, 0) is 33.9 Å². The molecule has 1 nitrogen and oxygen atoms in total. The van der Waals surface area contributed by atoms with E-state index in [1.807, 2.05) is 0 Å². The van der Waals surface area contributed by atoms with Gasteiger partial charge in [0.1, 0.15) is 0 Å². The molecule has 1 N–H and O–H groups in total. The van der Waals surface area contributed by atoms with E-state index >= 15 is 0 Å². The van der Waals surface area contributed by atoms with E-state index in [-0.39, 0.29) is 6.54 Å². The Bertz CT molecular complexity index is 644. The minimum absolute atomic E-state index is 0.286. The number of hydrogen-bond acceptors (Lipinski definition) is 2. The third-order valence-corrected chi connectivity index (χ3v) is 4.78. The van der Waals surface area contributed by atoms with Crippen LogP contribution in [0, 0.1) is 29.1 Å². The molecule has 114 valence electrons. The zero-order chi connectivity index (χ0) is 15.7. The van der Waals surface area contributed by atoms with Crippen LogP contribution >= 0.6 is 27.3 Å². The molecular formula is C13H9BrF5NS. The highest BCUT2D eigenvalue weighted by Crippen LogP contribution is 2.37. The van der Waals surface area contributed by atoms with Crippen molar-refractivity contribution in [2.75, 3.05) is 6.54 Å². The predicted octanol–water partition coefficient (Wildman–Crippen LogP) is 4.91. The van der Waals surface area contributed by atoms with Crippen molar-refractivity contribution in [3.8, 4) is 0 Å². The molecule has 21 heavy (non-hydrogen) atoms. The molecule has 8 heteroatoms. The topological polar surface area (TPSA) is 12.0 Å². The Hall–Kier alpha value is -0.990. The SMILES string of the molecule is CCNC(c1sccc1Br)c1c(F)c(F)c(F)c(F)c1F. The minimum Gasteiger partial charge on any atom is -0.306 e. The second-order valence-electron chi connectivity index (χ2n) is 4.11.